The van der Waals surface area contributed by atoms with Crippen molar-refractivity contribution in [2.24, 2.45) is 5.73 Å². The minimum Gasteiger partial charge on any atom is -0.457 e. The number of carbonyl (C=O) groups excluding carboxylic acids is 1. The molecule has 0 aliphatic carbocycles. The molecule has 1 unspecified atom stereocenters. The van der Waals surface area contributed by atoms with Crippen molar-refractivity contribution in [2.45, 2.75) is 12.5 Å². The number of rotatable bonds is 7. The standard InChI is InChI=1S/C18H22N2O3/c1-20(18(21)12-17(13-19)22-2)14-8-10-16(11-9-14)23-15-6-4-3-5-7-15/h3-11,17H,12-13,19H2,1-2H3. The quantitative estimate of drug-likeness (QED) is 0.853. The molecule has 0 aliphatic rings. The molecule has 2 rings (SSSR count). The molecular formula is C18H22N2O3. The maximum atomic E-state index is 12.2. The fourth-order valence-electron chi connectivity index (χ4n) is 2.10. The van der Waals surface area contributed by atoms with Gasteiger partial charge >= 0.3 is 0 Å². The third kappa shape index (κ3) is 4.81. The van der Waals surface area contributed by atoms with Crippen molar-refractivity contribution in [1.82, 2.24) is 0 Å². The lowest BCUT2D eigenvalue weighted by molar-refractivity contribution is -0.120. The molecule has 0 aromatic heterocycles. The van der Waals surface area contributed by atoms with Gasteiger partial charge in [-0.25, -0.2) is 0 Å². The van der Waals surface area contributed by atoms with Crippen LogP contribution in [0.15, 0.2) is 54.6 Å². The first-order valence-electron chi connectivity index (χ1n) is 7.46. The van der Waals surface area contributed by atoms with E-state index in [1.807, 2.05) is 54.6 Å². The molecule has 1 atom stereocenters. The second-order valence-electron chi connectivity index (χ2n) is 5.16. The van der Waals surface area contributed by atoms with Crippen LogP contribution in [0, 0.1) is 0 Å². The number of hydrogen-bond donors (Lipinski definition) is 1. The summed E-state index contributed by atoms with van der Waals surface area (Å²) in [4.78, 5) is 13.8. The Bertz CT molecular complexity index is 610. The zero-order chi connectivity index (χ0) is 16.7. The summed E-state index contributed by atoms with van der Waals surface area (Å²) in [5, 5.41) is 0. The van der Waals surface area contributed by atoms with E-state index in [1.165, 1.54) is 0 Å². The highest BCUT2D eigenvalue weighted by molar-refractivity contribution is 5.93. The van der Waals surface area contributed by atoms with Gasteiger partial charge in [0.1, 0.15) is 11.5 Å². The predicted molar refractivity (Wildman–Crippen MR) is 90.8 cm³/mol. The third-order valence-electron chi connectivity index (χ3n) is 3.58. The Labute approximate surface area is 136 Å². The van der Waals surface area contributed by atoms with E-state index in [9.17, 15) is 4.79 Å². The summed E-state index contributed by atoms with van der Waals surface area (Å²) in [5.74, 6) is 1.45. The number of nitrogens with zero attached hydrogens (tertiary/aromatic N) is 1. The van der Waals surface area contributed by atoms with E-state index >= 15 is 0 Å². The third-order valence-corrected chi connectivity index (χ3v) is 3.58. The van der Waals surface area contributed by atoms with Crippen molar-refractivity contribution in [3.63, 3.8) is 0 Å². The molecular weight excluding hydrogens is 292 g/mol. The van der Waals surface area contributed by atoms with Crippen molar-refractivity contribution >= 4 is 11.6 Å². The van der Waals surface area contributed by atoms with Crippen molar-refractivity contribution in [3.8, 4) is 11.5 Å². The number of nitrogens with two attached hydrogens (primary N) is 1. The summed E-state index contributed by atoms with van der Waals surface area (Å²) in [6.45, 7) is 0.319. The monoisotopic (exact) mass is 314 g/mol. The fourth-order valence-corrected chi connectivity index (χ4v) is 2.10. The van der Waals surface area contributed by atoms with E-state index in [0.29, 0.717) is 6.54 Å². The molecule has 0 heterocycles. The van der Waals surface area contributed by atoms with Crippen molar-refractivity contribution in [3.05, 3.63) is 54.6 Å². The summed E-state index contributed by atoms with van der Waals surface area (Å²) in [7, 11) is 3.29. The first-order chi connectivity index (χ1) is 11.1. The fraction of sp³-hybridized carbons (Fsp3) is 0.278. The second-order valence-corrected chi connectivity index (χ2v) is 5.16. The van der Waals surface area contributed by atoms with Crippen LogP contribution in [0.5, 0.6) is 11.5 Å². The number of benzene rings is 2. The summed E-state index contributed by atoms with van der Waals surface area (Å²) in [5.41, 5.74) is 6.35. The number of ether oxygens (including phenoxy) is 2. The molecule has 0 aliphatic heterocycles. The van der Waals surface area contributed by atoms with Crippen LogP contribution in [-0.2, 0) is 9.53 Å². The zero-order valence-electron chi connectivity index (χ0n) is 13.4. The summed E-state index contributed by atoms with van der Waals surface area (Å²) in [6.07, 6.45) is -0.00295. The van der Waals surface area contributed by atoms with Crippen LogP contribution < -0.4 is 15.4 Å². The highest BCUT2D eigenvalue weighted by atomic mass is 16.5. The van der Waals surface area contributed by atoms with E-state index in [-0.39, 0.29) is 18.4 Å². The topological polar surface area (TPSA) is 64.8 Å². The summed E-state index contributed by atoms with van der Waals surface area (Å²) in [6, 6.07) is 16.9. The molecule has 2 aromatic carbocycles. The lowest BCUT2D eigenvalue weighted by atomic mass is 10.2. The Morgan fingerprint density at radius 2 is 1.70 bits per heavy atom. The van der Waals surface area contributed by atoms with E-state index in [1.54, 1.807) is 19.1 Å². The molecule has 0 bridgehead atoms. The Hall–Kier alpha value is -2.37. The molecule has 0 fully saturated rings. The van der Waals surface area contributed by atoms with Gasteiger partial charge in [-0.2, -0.15) is 0 Å². The van der Waals surface area contributed by atoms with Gasteiger partial charge in [0.25, 0.3) is 0 Å². The number of para-hydroxylation sites is 1. The normalized spacial score (nSPS) is 11.8. The highest BCUT2D eigenvalue weighted by Crippen LogP contribution is 2.24. The molecule has 1 amide bonds. The van der Waals surface area contributed by atoms with E-state index in [2.05, 4.69) is 0 Å². The molecule has 122 valence electrons. The van der Waals surface area contributed by atoms with Crippen molar-refractivity contribution < 1.29 is 14.3 Å². The summed E-state index contributed by atoms with van der Waals surface area (Å²) < 4.78 is 10.9. The average molecular weight is 314 g/mol. The Morgan fingerprint density at radius 1 is 1.09 bits per heavy atom. The molecule has 5 heteroatoms. The van der Waals surface area contributed by atoms with Gasteiger partial charge in [0, 0.05) is 26.4 Å². The Balaban J connectivity index is 1.99. The van der Waals surface area contributed by atoms with Gasteiger partial charge in [-0.1, -0.05) is 18.2 Å². The predicted octanol–water partition coefficient (Wildman–Crippen LogP) is 2.81. The highest BCUT2D eigenvalue weighted by Gasteiger charge is 2.16. The first kappa shape index (κ1) is 17.0. The number of hydrogen-bond acceptors (Lipinski definition) is 4. The van der Waals surface area contributed by atoms with E-state index < -0.39 is 0 Å². The Kier molecular flexibility index (Phi) is 6.14. The molecule has 5 nitrogen and oxygen atoms in total. The van der Waals surface area contributed by atoms with E-state index in [0.717, 1.165) is 17.2 Å². The SMILES string of the molecule is COC(CN)CC(=O)N(C)c1ccc(Oc2ccccc2)cc1. The van der Waals surface area contributed by atoms with Crippen molar-refractivity contribution in [2.75, 3.05) is 25.6 Å². The van der Waals surface area contributed by atoms with Gasteiger partial charge in [0.15, 0.2) is 0 Å². The zero-order valence-corrected chi connectivity index (χ0v) is 13.4. The smallest absolute Gasteiger partial charge is 0.229 e. The number of carbonyl (C=O) groups is 1. The minimum absolute atomic E-state index is 0.0426. The van der Waals surface area contributed by atoms with Crippen LogP contribution in [-0.4, -0.2) is 32.7 Å². The molecule has 0 spiro atoms. The molecule has 2 N–H and O–H groups in total. The maximum Gasteiger partial charge on any atom is 0.229 e. The van der Waals surface area contributed by atoms with Gasteiger partial charge in [-0.15, -0.1) is 0 Å². The van der Waals surface area contributed by atoms with Gasteiger partial charge in [0.05, 0.1) is 12.5 Å². The minimum atomic E-state index is -0.259. The molecule has 0 radical (unpaired) electrons. The van der Waals surface area contributed by atoms with Crippen molar-refractivity contribution in [1.29, 1.82) is 0 Å². The molecule has 23 heavy (non-hydrogen) atoms. The Morgan fingerprint density at radius 3 is 2.26 bits per heavy atom. The number of amides is 1. The molecule has 0 saturated carbocycles. The largest absolute Gasteiger partial charge is 0.457 e. The van der Waals surface area contributed by atoms with Crippen LogP contribution in [0.4, 0.5) is 5.69 Å². The average Bonchev–Trinajstić information content (AvgIpc) is 2.60. The number of methoxy groups -OCH3 is 1. The van der Waals surface area contributed by atoms with Gasteiger partial charge < -0.3 is 20.1 Å². The lowest BCUT2D eigenvalue weighted by Crippen LogP contribution is -2.33. The lowest BCUT2D eigenvalue weighted by Gasteiger charge is -2.20. The molecule has 2 aromatic rings. The second kappa shape index (κ2) is 8.31. The molecule has 0 saturated heterocycles. The number of anilines is 1. The maximum absolute atomic E-state index is 12.2. The van der Waals surface area contributed by atoms with Crippen LogP contribution in [0.3, 0.4) is 0 Å². The van der Waals surface area contributed by atoms with Gasteiger partial charge in [-0.3, -0.25) is 4.79 Å². The van der Waals surface area contributed by atoms with Crippen LogP contribution in [0.25, 0.3) is 0 Å². The van der Waals surface area contributed by atoms with Crippen LogP contribution >= 0.6 is 0 Å². The van der Waals surface area contributed by atoms with E-state index in [4.69, 9.17) is 15.2 Å². The van der Waals surface area contributed by atoms with Crippen LogP contribution in [0.1, 0.15) is 6.42 Å². The summed E-state index contributed by atoms with van der Waals surface area (Å²) >= 11 is 0. The van der Waals surface area contributed by atoms with Gasteiger partial charge in [-0.05, 0) is 36.4 Å². The first-order valence-corrected chi connectivity index (χ1v) is 7.46. The van der Waals surface area contributed by atoms with Gasteiger partial charge in [0.2, 0.25) is 5.91 Å². The van der Waals surface area contributed by atoms with Crippen LogP contribution in [0.2, 0.25) is 0 Å².